The van der Waals surface area contributed by atoms with Crippen LogP contribution >= 0.6 is 23.2 Å². The second-order valence-corrected chi connectivity index (χ2v) is 8.27. The van der Waals surface area contributed by atoms with Gasteiger partial charge in [-0.3, -0.25) is 14.3 Å². The minimum absolute atomic E-state index is 0.0697. The third kappa shape index (κ3) is 4.52. The van der Waals surface area contributed by atoms with E-state index in [1.165, 1.54) is 11.8 Å². The summed E-state index contributed by atoms with van der Waals surface area (Å²) in [7, 11) is 1.56. The molecular formula is C20H21Cl2F3N4O2. The lowest BCUT2D eigenvalue weighted by Crippen LogP contribution is -2.52. The molecule has 6 nitrogen and oxygen atoms in total. The van der Waals surface area contributed by atoms with Crippen LogP contribution in [0.3, 0.4) is 0 Å². The van der Waals surface area contributed by atoms with Crippen molar-refractivity contribution in [3.63, 3.8) is 0 Å². The van der Waals surface area contributed by atoms with Crippen molar-refractivity contribution in [3.8, 4) is 0 Å². The molecule has 0 unspecified atom stereocenters. The molecular weight excluding hydrogens is 456 g/mol. The summed E-state index contributed by atoms with van der Waals surface area (Å²) in [5.74, 6) is -0.552. The molecule has 1 N–H and O–H groups in total. The number of amides is 2. The Balaban J connectivity index is 1.76. The number of piperidine rings is 1. The number of likely N-dealkylation sites (N-methyl/N-ethyl adjacent to an activating group) is 1. The Morgan fingerprint density at radius 3 is 2.23 bits per heavy atom. The van der Waals surface area contributed by atoms with Crippen molar-refractivity contribution in [2.75, 3.05) is 20.1 Å². The Kier molecular flexibility index (Phi) is 6.57. The minimum Gasteiger partial charge on any atom is -0.358 e. The molecule has 2 amide bonds. The van der Waals surface area contributed by atoms with Crippen molar-refractivity contribution in [2.45, 2.75) is 37.9 Å². The van der Waals surface area contributed by atoms with Crippen molar-refractivity contribution in [1.29, 1.82) is 0 Å². The first-order valence-electron chi connectivity index (χ1n) is 9.55. The molecule has 168 valence electrons. The molecule has 0 radical (unpaired) electrons. The van der Waals surface area contributed by atoms with Crippen molar-refractivity contribution in [1.82, 2.24) is 20.0 Å². The van der Waals surface area contributed by atoms with E-state index in [-0.39, 0.29) is 31.2 Å². The van der Waals surface area contributed by atoms with E-state index >= 15 is 0 Å². The quantitative estimate of drug-likeness (QED) is 0.729. The maximum absolute atomic E-state index is 13.0. The number of carbonyl (C=O) groups excluding carboxylic acids is 2. The number of hydrogen-bond donors (Lipinski definition) is 1. The summed E-state index contributed by atoms with van der Waals surface area (Å²) >= 11 is 11.7. The summed E-state index contributed by atoms with van der Waals surface area (Å²) < 4.78 is 40.0. The Labute approximate surface area is 187 Å². The SMILES string of the molecule is CNC(=O)C1(c2ccc(Cl)cc2)CCN(C(=O)Cn2nc(C(F)(F)F)c(Cl)c2C)CC1. The van der Waals surface area contributed by atoms with Gasteiger partial charge in [0.2, 0.25) is 11.8 Å². The highest BCUT2D eigenvalue weighted by Gasteiger charge is 2.43. The third-order valence-electron chi connectivity index (χ3n) is 5.72. The third-order valence-corrected chi connectivity index (χ3v) is 6.42. The Morgan fingerprint density at radius 2 is 1.74 bits per heavy atom. The number of halogens is 5. The van der Waals surface area contributed by atoms with Gasteiger partial charge >= 0.3 is 6.18 Å². The lowest BCUT2D eigenvalue weighted by molar-refractivity contribution is -0.142. The molecule has 11 heteroatoms. The van der Waals surface area contributed by atoms with E-state index in [1.54, 1.807) is 31.3 Å². The first kappa shape index (κ1) is 23.4. The number of nitrogens with one attached hydrogen (secondary N) is 1. The van der Waals surface area contributed by atoms with Gasteiger partial charge in [-0.1, -0.05) is 35.3 Å². The lowest BCUT2D eigenvalue weighted by Gasteiger charge is -2.41. The predicted octanol–water partition coefficient (Wildman–Crippen LogP) is 3.82. The predicted molar refractivity (Wildman–Crippen MR) is 110 cm³/mol. The van der Waals surface area contributed by atoms with Crippen LogP contribution < -0.4 is 5.32 Å². The number of benzene rings is 1. The van der Waals surface area contributed by atoms with E-state index in [0.29, 0.717) is 17.9 Å². The van der Waals surface area contributed by atoms with Crippen molar-refractivity contribution >= 4 is 35.0 Å². The highest BCUT2D eigenvalue weighted by molar-refractivity contribution is 6.32. The maximum atomic E-state index is 13.0. The van der Waals surface area contributed by atoms with E-state index < -0.39 is 28.2 Å². The molecule has 1 aromatic heterocycles. The van der Waals surface area contributed by atoms with Gasteiger partial charge in [-0.15, -0.1) is 0 Å². The van der Waals surface area contributed by atoms with Crippen molar-refractivity contribution in [2.24, 2.45) is 0 Å². The molecule has 2 aromatic rings. The average molecular weight is 477 g/mol. The van der Waals surface area contributed by atoms with E-state index in [1.807, 2.05) is 0 Å². The molecule has 1 aromatic carbocycles. The van der Waals surface area contributed by atoms with Gasteiger partial charge in [0, 0.05) is 25.2 Å². The second kappa shape index (κ2) is 8.70. The number of hydrogen-bond acceptors (Lipinski definition) is 3. The average Bonchev–Trinajstić information content (AvgIpc) is 3.02. The number of rotatable bonds is 4. The summed E-state index contributed by atoms with van der Waals surface area (Å²) in [6.45, 7) is 1.56. The van der Waals surface area contributed by atoms with Crippen LogP contribution in [0.15, 0.2) is 24.3 Å². The smallest absolute Gasteiger partial charge is 0.358 e. The number of alkyl halides is 3. The normalized spacial score (nSPS) is 16.3. The molecule has 0 atom stereocenters. The largest absolute Gasteiger partial charge is 0.436 e. The highest BCUT2D eigenvalue weighted by Crippen LogP contribution is 2.37. The van der Waals surface area contributed by atoms with Crippen molar-refractivity contribution < 1.29 is 22.8 Å². The summed E-state index contributed by atoms with van der Waals surface area (Å²) in [6.07, 6.45) is -3.97. The Hall–Kier alpha value is -2.26. The first-order chi connectivity index (χ1) is 14.5. The van der Waals surface area contributed by atoms with Gasteiger partial charge in [0.15, 0.2) is 5.69 Å². The minimum atomic E-state index is -4.70. The summed E-state index contributed by atoms with van der Waals surface area (Å²) in [4.78, 5) is 27.0. The summed E-state index contributed by atoms with van der Waals surface area (Å²) in [5.41, 5.74) is -1.16. The molecule has 1 aliphatic heterocycles. The fourth-order valence-electron chi connectivity index (χ4n) is 3.88. The van der Waals surface area contributed by atoms with Crippen LogP contribution in [0.2, 0.25) is 10.0 Å². The van der Waals surface area contributed by atoms with E-state index in [9.17, 15) is 22.8 Å². The Morgan fingerprint density at radius 1 is 1.16 bits per heavy atom. The summed E-state index contributed by atoms with van der Waals surface area (Å²) in [6, 6.07) is 7.01. The van der Waals surface area contributed by atoms with Crippen LogP contribution in [0.25, 0.3) is 0 Å². The zero-order valence-electron chi connectivity index (χ0n) is 16.9. The van der Waals surface area contributed by atoms with Gasteiger partial charge in [-0.2, -0.15) is 18.3 Å². The van der Waals surface area contributed by atoms with Gasteiger partial charge in [-0.05, 0) is 37.5 Å². The highest BCUT2D eigenvalue weighted by atomic mass is 35.5. The van der Waals surface area contributed by atoms with E-state index in [2.05, 4.69) is 10.4 Å². The molecule has 31 heavy (non-hydrogen) atoms. The fourth-order valence-corrected chi connectivity index (χ4v) is 4.25. The number of likely N-dealkylation sites (tertiary alicyclic amines) is 1. The standard InChI is InChI=1S/C20H21Cl2F3N4O2/c1-12-16(22)17(20(23,24)25)27-29(12)11-15(30)28-9-7-19(8-10-28,18(31)26-2)13-3-5-14(21)6-4-13/h3-6H,7-11H2,1-2H3,(H,26,31). The Bertz CT molecular complexity index is 982. The van der Waals surface area contributed by atoms with Crippen LogP contribution in [0.1, 0.15) is 29.8 Å². The molecule has 3 rings (SSSR count). The molecule has 0 bridgehead atoms. The number of aromatic nitrogens is 2. The van der Waals surface area contributed by atoms with Crippen LogP contribution in [0.5, 0.6) is 0 Å². The topological polar surface area (TPSA) is 67.2 Å². The molecule has 1 fully saturated rings. The van der Waals surface area contributed by atoms with Gasteiger partial charge in [0.1, 0.15) is 6.54 Å². The van der Waals surface area contributed by atoms with Crippen LogP contribution in [0.4, 0.5) is 13.2 Å². The summed E-state index contributed by atoms with van der Waals surface area (Å²) in [5, 5.41) is 6.21. The number of nitrogens with zero attached hydrogens (tertiary/aromatic N) is 3. The maximum Gasteiger partial charge on any atom is 0.436 e. The second-order valence-electron chi connectivity index (χ2n) is 7.45. The lowest BCUT2D eigenvalue weighted by atomic mass is 9.72. The zero-order chi connectivity index (χ0) is 23.0. The van der Waals surface area contributed by atoms with Crippen molar-refractivity contribution in [3.05, 3.63) is 51.3 Å². The van der Waals surface area contributed by atoms with Crippen LogP contribution in [0, 0.1) is 6.92 Å². The first-order valence-corrected chi connectivity index (χ1v) is 10.3. The van der Waals surface area contributed by atoms with Gasteiger partial charge < -0.3 is 10.2 Å². The molecule has 1 aliphatic rings. The van der Waals surface area contributed by atoms with E-state index in [0.717, 1.165) is 10.2 Å². The molecule has 1 saturated heterocycles. The van der Waals surface area contributed by atoms with Gasteiger partial charge in [0.05, 0.1) is 16.1 Å². The molecule has 0 spiro atoms. The molecule has 0 aliphatic carbocycles. The van der Waals surface area contributed by atoms with Gasteiger partial charge in [-0.25, -0.2) is 0 Å². The molecule has 2 heterocycles. The van der Waals surface area contributed by atoms with E-state index in [4.69, 9.17) is 23.2 Å². The van der Waals surface area contributed by atoms with Gasteiger partial charge in [0.25, 0.3) is 0 Å². The molecule has 0 saturated carbocycles. The fraction of sp³-hybridized carbons (Fsp3) is 0.450. The van der Waals surface area contributed by atoms with Crippen LogP contribution in [-0.2, 0) is 27.7 Å². The zero-order valence-corrected chi connectivity index (χ0v) is 18.4. The van der Waals surface area contributed by atoms with Crippen LogP contribution in [-0.4, -0.2) is 46.6 Å². The monoisotopic (exact) mass is 476 g/mol. The number of carbonyl (C=O) groups is 2.